The maximum atomic E-state index is 9.66. The molecule has 7 aromatic rings. The highest BCUT2D eigenvalue weighted by Gasteiger charge is 2.19. The van der Waals surface area contributed by atoms with Crippen molar-refractivity contribution in [1.29, 1.82) is 0 Å². The topological polar surface area (TPSA) is 45.4 Å². The highest BCUT2D eigenvalue weighted by atomic mass is 16.4. The number of benzene rings is 6. The highest BCUT2D eigenvalue weighted by Crippen LogP contribution is 2.42. The molecule has 4 heteroatoms. The van der Waals surface area contributed by atoms with E-state index < -0.39 is 7.12 Å². The van der Waals surface area contributed by atoms with Crippen LogP contribution in [0.2, 0.25) is 0 Å². The van der Waals surface area contributed by atoms with Gasteiger partial charge in [-0.05, 0) is 63.4 Å². The van der Waals surface area contributed by atoms with Crippen LogP contribution in [0.3, 0.4) is 0 Å². The van der Waals surface area contributed by atoms with Gasteiger partial charge in [0.05, 0.1) is 11.0 Å². The number of rotatable bonds is 4. The molecule has 0 spiro atoms. The van der Waals surface area contributed by atoms with Crippen molar-refractivity contribution in [2.75, 3.05) is 0 Å². The van der Waals surface area contributed by atoms with E-state index in [0.29, 0.717) is 5.46 Å². The third-order valence-corrected chi connectivity index (χ3v) is 7.41. The van der Waals surface area contributed by atoms with Crippen molar-refractivity contribution in [2.24, 2.45) is 0 Å². The smallest absolute Gasteiger partial charge is 0.423 e. The zero-order valence-electron chi connectivity index (χ0n) is 20.6. The Morgan fingerprint density at radius 1 is 0.474 bits per heavy atom. The van der Waals surface area contributed by atoms with E-state index in [2.05, 4.69) is 108 Å². The Morgan fingerprint density at radius 2 is 1.11 bits per heavy atom. The third kappa shape index (κ3) is 3.62. The quantitative estimate of drug-likeness (QED) is 0.263. The molecule has 2 N–H and O–H groups in total. The average Bonchev–Trinajstić information content (AvgIpc) is 3.31. The van der Waals surface area contributed by atoms with Gasteiger partial charge < -0.3 is 14.6 Å². The lowest BCUT2D eigenvalue weighted by Gasteiger charge is -2.13. The van der Waals surface area contributed by atoms with Gasteiger partial charge in [-0.15, -0.1) is 0 Å². The first-order valence-corrected chi connectivity index (χ1v) is 12.8. The summed E-state index contributed by atoms with van der Waals surface area (Å²) in [4.78, 5) is 0. The van der Waals surface area contributed by atoms with Crippen LogP contribution in [-0.2, 0) is 0 Å². The first-order valence-electron chi connectivity index (χ1n) is 12.8. The summed E-state index contributed by atoms with van der Waals surface area (Å²) in [6.07, 6.45) is 0. The Kier molecular flexibility index (Phi) is 5.36. The first-order chi connectivity index (χ1) is 18.7. The molecular weight excluding hydrogens is 465 g/mol. The monoisotopic (exact) mass is 489 g/mol. The van der Waals surface area contributed by atoms with E-state index in [1.54, 1.807) is 12.1 Å². The van der Waals surface area contributed by atoms with Gasteiger partial charge in [-0.3, -0.25) is 0 Å². The molecule has 0 aliphatic carbocycles. The van der Waals surface area contributed by atoms with Crippen LogP contribution < -0.4 is 5.46 Å². The molecule has 0 unspecified atom stereocenters. The van der Waals surface area contributed by atoms with Crippen molar-refractivity contribution < 1.29 is 10.0 Å². The van der Waals surface area contributed by atoms with Gasteiger partial charge in [-0.2, -0.15) is 0 Å². The SMILES string of the molecule is OB(O)c1ccc(-n2c3ccc(-c4ccccc4)cc3c3cc(-c4ccccc4)c4ccccc4c32)cc1. The number of hydrogen-bond acceptors (Lipinski definition) is 2. The van der Waals surface area contributed by atoms with Crippen LogP contribution in [-0.4, -0.2) is 21.7 Å². The van der Waals surface area contributed by atoms with Crippen molar-refractivity contribution in [3.8, 4) is 27.9 Å². The van der Waals surface area contributed by atoms with Gasteiger partial charge in [0.1, 0.15) is 0 Å². The van der Waals surface area contributed by atoms with Crippen molar-refractivity contribution in [3.63, 3.8) is 0 Å². The first kappa shape index (κ1) is 22.6. The molecule has 0 aliphatic heterocycles. The lowest BCUT2D eigenvalue weighted by atomic mass is 9.80. The van der Waals surface area contributed by atoms with Crippen LogP contribution in [0.15, 0.2) is 133 Å². The minimum atomic E-state index is -1.50. The minimum absolute atomic E-state index is 0.470. The summed E-state index contributed by atoms with van der Waals surface area (Å²) in [5, 5.41) is 24.0. The fourth-order valence-electron chi connectivity index (χ4n) is 5.60. The molecule has 0 saturated carbocycles. The summed E-state index contributed by atoms with van der Waals surface area (Å²) in [6, 6.07) is 46.1. The summed E-state index contributed by atoms with van der Waals surface area (Å²) < 4.78 is 2.30. The molecule has 180 valence electrons. The van der Waals surface area contributed by atoms with Crippen molar-refractivity contribution >= 4 is 45.2 Å². The van der Waals surface area contributed by atoms with Crippen LogP contribution in [0.4, 0.5) is 0 Å². The Balaban J connectivity index is 1.62. The number of fused-ring (bicyclic) bond motifs is 5. The number of nitrogens with zero attached hydrogens (tertiary/aromatic N) is 1. The van der Waals surface area contributed by atoms with E-state index in [1.807, 2.05) is 18.2 Å². The van der Waals surface area contributed by atoms with Crippen molar-refractivity contribution in [3.05, 3.63) is 133 Å². The molecule has 0 fully saturated rings. The summed E-state index contributed by atoms with van der Waals surface area (Å²) in [5.74, 6) is 0. The molecule has 1 aromatic heterocycles. The minimum Gasteiger partial charge on any atom is -0.423 e. The molecule has 1 heterocycles. The van der Waals surface area contributed by atoms with E-state index in [0.717, 1.165) is 16.7 Å². The molecule has 0 amide bonds. The van der Waals surface area contributed by atoms with Crippen LogP contribution in [0.25, 0.3) is 60.5 Å². The van der Waals surface area contributed by atoms with Gasteiger partial charge in [-0.25, -0.2) is 0 Å². The highest BCUT2D eigenvalue weighted by molar-refractivity contribution is 6.58. The predicted octanol–water partition coefficient (Wildman–Crippen LogP) is 6.95. The lowest BCUT2D eigenvalue weighted by Crippen LogP contribution is -2.29. The molecule has 0 radical (unpaired) electrons. The molecule has 0 atom stereocenters. The molecule has 6 aromatic carbocycles. The van der Waals surface area contributed by atoms with Crippen molar-refractivity contribution in [1.82, 2.24) is 4.57 Å². The number of hydrogen-bond donors (Lipinski definition) is 2. The maximum absolute atomic E-state index is 9.66. The van der Waals surface area contributed by atoms with E-state index in [-0.39, 0.29) is 0 Å². The lowest BCUT2D eigenvalue weighted by molar-refractivity contribution is 0.426. The van der Waals surface area contributed by atoms with E-state index in [1.165, 1.54) is 43.8 Å². The van der Waals surface area contributed by atoms with Gasteiger partial charge in [-0.1, -0.05) is 103 Å². The van der Waals surface area contributed by atoms with E-state index in [4.69, 9.17) is 0 Å². The third-order valence-electron chi connectivity index (χ3n) is 7.41. The van der Waals surface area contributed by atoms with Gasteiger partial charge in [0.2, 0.25) is 0 Å². The van der Waals surface area contributed by atoms with Crippen LogP contribution in [0.1, 0.15) is 0 Å². The summed E-state index contributed by atoms with van der Waals surface area (Å²) >= 11 is 0. The molecule has 3 nitrogen and oxygen atoms in total. The summed E-state index contributed by atoms with van der Waals surface area (Å²) in [6.45, 7) is 0. The van der Waals surface area contributed by atoms with Crippen LogP contribution in [0, 0.1) is 0 Å². The summed E-state index contributed by atoms with van der Waals surface area (Å²) in [7, 11) is -1.50. The van der Waals surface area contributed by atoms with E-state index in [9.17, 15) is 10.0 Å². The van der Waals surface area contributed by atoms with Gasteiger partial charge in [0, 0.05) is 21.8 Å². The fraction of sp³-hybridized carbons (Fsp3) is 0. The fourth-order valence-corrected chi connectivity index (χ4v) is 5.60. The van der Waals surface area contributed by atoms with Crippen molar-refractivity contribution in [2.45, 2.75) is 0 Å². The molecule has 0 aliphatic rings. The normalized spacial score (nSPS) is 11.4. The standard InChI is InChI=1S/C34H24BNO2/c37-35(38)26-16-18-27(19-17-26)36-33-20-15-25(23-9-3-1-4-10-23)21-31(33)32-22-30(24-11-5-2-6-12-24)28-13-7-8-14-29(28)34(32)36/h1-22,37-38H. The molecule has 38 heavy (non-hydrogen) atoms. The van der Waals surface area contributed by atoms with Gasteiger partial charge >= 0.3 is 7.12 Å². The van der Waals surface area contributed by atoms with Gasteiger partial charge in [0.25, 0.3) is 0 Å². The Morgan fingerprint density at radius 3 is 1.79 bits per heavy atom. The second-order valence-electron chi connectivity index (χ2n) is 9.63. The number of aromatic nitrogens is 1. The largest absolute Gasteiger partial charge is 0.488 e. The molecule has 7 rings (SSSR count). The van der Waals surface area contributed by atoms with Gasteiger partial charge in [0.15, 0.2) is 0 Å². The second kappa shape index (κ2) is 9.03. The second-order valence-corrected chi connectivity index (χ2v) is 9.63. The Hall–Kier alpha value is -4.64. The Labute approximate surface area is 221 Å². The Bertz CT molecular complexity index is 1930. The average molecular weight is 489 g/mol. The molecular formula is C34H24BNO2. The molecule has 0 bridgehead atoms. The van der Waals surface area contributed by atoms with Crippen LogP contribution >= 0.6 is 0 Å². The van der Waals surface area contributed by atoms with E-state index >= 15 is 0 Å². The van der Waals surface area contributed by atoms with Crippen LogP contribution in [0.5, 0.6) is 0 Å². The summed E-state index contributed by atoms with van der Waals surface area (Å²) in [5.41, 5.74) is 8.43. The molecule has 0 saturated heterocycles. The maximum Gasteiger partial charge on any atom is 0.488 e. The predicted molar refractivity (Wildman–Crippen MR) is 159 cm³/mol. The zero-order valence-corrected chi connectivity index (χ0v) is 20.6. The zero-order chi connectivity index (χ0) is 25.6.